The van der Waals surface area contributed by atoms with Crippen LogP contribution in [0.1, 0.15) is 23.7 Å². The molecule has 118 valence electrons. The molecule has 0 radical (unpaired) electrons. The molecule has 0 heterocycles. The first-order chi connectivity index (χ1) is 11.2. The number of hydrogen-bond acceptors (Lipinski definition) is 4. The van der Waals surface area contributed by atoms with Crippen LogP contribution in [-0.2, 0) is 9.53 Å². The molecule has 2 aromatic carbocycles. The Morgan fingerprint density at radius 1 is 1.00 bits per heavy atom. The van der Waals surface area contributed by atoms with Gasteiger partial charge in [0.2, 0.25) is 0 Å². The maximum absolute atomic E-state index is 12.2. The van der Waals surface area contributed by atoms with Gasteiger partial charge in [0.05, 0.1) is 11.5 Å². The second-order valence-corrected chi connectivity index (χ2v) is 5.81. The van der Waals surface area contributed by atoms with E-state index in [1.807, 2.05) is 48.5 Å². The first-order valence-corrected chi connectivity index (χ1v) is 8.20. The maximum atomic E-state index is 12.2. The van der Waals surface area contributed by atoms with Crippen LogP contribution in [0.25, 0.3) is 0 Å². The van der Waals surface area contributed by atoms with Gasteiger partial charge in [0, 0.05) is 16.9 Å². The van der Waals surface area contributed by atoms with Crippen molar-refractivity contribution < 1.29 is 14.3 Å². The smallest absolute Gasteiger partial charge is 0.344 e. The quantitative estimate of drug-likeness (QED) is 0.325. The molecule has 2 aromatic rings. The summed E-state index contributed by atoms with van der Waals surface area (Å²) in [4.78, 5) is 25.6. The fourth-order valence-electron chi connectivity index (χ4n) is 1.91. The third kappa shape index (κ3) is 5.42. The van der Waals surface area contributed by atoms with Gasteiger partial charge in [-0.3, -0.25) is 4.79 Å². The van der Waals surface area contributed by atoms with Crippen molar-refractivity contribution >= 4 is 23.5 Å². The number of benzene rings is 2. The first kappa shape index (κ1) is 17.0. The Morgan fingerprint density at radius 3 is 2.22 bits per heavy atom. The van der Waals surface area contributed by atoms with Crippen LogP contribution >= 0.6 is 11.8 Å². The minimum absolute atomic E-state index is 0.0268. The van der Waals surface area contributed by atoms with Gasteiger partial charge in [-0.25, -0.2) is 4.79 Å². The molecule has 0 spiro atoms. The van der Waals surface area contributed by atoms with E-state index in [0.717, 1.165) is 4.90 Å². The SMILES string of the molecule is CCOC(=O)C(=CCC(=O)c1ccccc1)Sc1ccccc1. The lowest BCUT2D eigenvalue weighted by atomic mass is 10.1. The highest BCUT2D eigenvalue weighted by Crippen LogP contribution is 2.27. The molecule has 0 aliphatic heterocycles. The third-order valence-corrected chi connectivity index (χ3v) is 4.08. The third-order valence-electron chi connectivity index (χ3n) is 3.02. The van der Waals surface area contributed by atoms with Gasteiger partial charge in [0.25, 0.3) is 0 Å². The molecule has 0 aliphatic rings. The summed E-state index contributed by atoms with van der Waals surface area (Å²) >= 11 is 1.31. The van der Waals surface area contributed by atoms with Crippen molar-refractivity contribution in [3.63, 3.8) is 0 Å². The van der Waals surface area contributed by atoms with Crippen molar-refractivity contribution in [2.24, 2.45) is 0 Å². The van der Waals surface area contributed by atoms with Crippen molar-refractivity contribution in [3.05, 3.63) is 77.2 Å². The maximum Gasteiger partial charge on any atom is 0.344 e. The van der Waals surface area contributed by atoms with Crippen molar-refractivity contribution in [1.29, 1.82) is 0 Å². The average Bonchev–Trinajstić information content (AvgIpc) is 2.60. The predicted molar refractivity (Wildman–Crippen MR) is 92.4 cm³/mol. The fourth-order valence-corrected chi connectivity index (χ4v) is 2.77. The predicted octanol–water partition coefficient (Wildman–Crippen LogP) is 4.50. The van der Waals surface area contributed by atoms with E-state index in [1.165, 1.54) is 11.8 Å². The Balaban J connectivity index is 2.12. The van der Waals surface area contributed by atoms with Crippen LogP contribution in [0.4, 0.5) is 0 Å². The Morgan fingerprint density at radius 2 is 1.61 bits per heavy atom. The summed E-state index contributed by atoms with van der Waals surface area (Å²) in [6, 6.07) is 18.6. The summed E-state index contributed by atoms with van der Waals surface area (Å²) in [5.41, 5.74) is 0.636. The van der Waals surface area contributed by atoms with Crippen LogP contribution in [0.2, 0.25) is 0 Å². The molecule has 0 fully saturated rings. The Bertz CT molecular complexity index is 678. The molecule has 4 heteroatoms. The molecule has 2 rings (SSSR count). The summed E-state index contributed by atoms with van der Waals surface area (Å²) in [5, 5.41) is 0. The normalized spacial score (nSPS) is 11.1. The molecule has 23 heavy (non-hydrogen) atoms. The standard InChI is InChI=1S/C19H18O3S/c1-2-22-19(21)18(23-16-11-7-4-8-12-16)14-13-17(20)15-9-5-3-6-10-15/h3-12,14H,2,13H2,1H3. The minimum Gasteiger partial charge on any atom is -0.462 e. The van der Waals surface area contributed by atoms with Gasteiger partial charge in [0.15, 0.2) is 5.78 Å². The Hall–Kier alpha value is -2.33. The molecule has 0 amide bonds. The van der Waals surface area contributed by atoms with E-state index in [4.69, 9.17) is 4.74 Å². The van der Waals surface area contributed by atoms with Crippen LogP contribution in [-0.4, -0.2) is 18.4 Å². The van der Waals surface area contributed by atoms with Crippen LogP contribution in [0, 0.1) is 0 Å². The van der Waals surface area contributed by atoms with Gasteiger partial charge in [-0.15, -0.1) is 0 Å². The number of ether oxygens (including phenoxy) is 1. The molecule has 0 bridgehead atoms. The van der Waals surface area contributed by atoms with E-state index < -0.39 is 5.97 Å². The minimum atomic E-state index is -0.401. The summed E-state index contributed by atoms with van der Waals surface area (Å²) in [6.07, 6.45) is 1.81. The van der Waals surface area contributed by atoms with Crippen molar-refractivity contribution in [3.8, 4) is 0 Å². The van der Waals surface area contributed by atoms with Crippen LogP contribution < -0.4 is 0 Å². The fraction of sp³-hybridized carbons (Fsp3) is 0.158. The zero-order chi connectivity index (χ0) is 16.5. The van der Waals surface area contributed by atoms with E-state index >= 15 is 0 Å². The van der Waals surface area contributed by atoms with Gasteiger partial charge in [-0.2, -0.15) is 0 Å². The van der Waals surface area contributed by atoms with Crippen LogP contribution in [0.3, 0.4) is 0 Å². The van der Waals surface area contributed by atoms with Gasteiger partial charge in [-0.1, -0.05) is 66.4 Å². The molecule has 3 nitrogen and oxygen atoms in total. The molecular formula is C19H18O3S. The molecule has 0 saturated carbocycles. The monoisotopic (exact) mass is 326 g/mol. The number of hydrogen-bond donors (Lipinski definition) is 0. The highest BCUT2D eigenvalue weighted by molar-refractivity contribution is 8.04. The number of esters is 1. The molecule has 0 aliphatic carbocycles. The number of allylic oxidation sites excluding steroid dienone is 1. The van der Waals surface area contributed by atoms with E-state index in [0.29, 0.717) is 17.1 Å². The number of ketones is 1. The number of carbonyl (C=O) groups excluding carboxylic acids is 2. The number of rotatable bonds is 7. The van der Waals surface area contributed by atoms with E-state index in [2.05, 4.69) is 0 Å². The molecule has 0 saturated heterocycles. The second kappa shape index (κ2) is 8.96. The summed E-state index contributed by atoms with van der Waals surface area (Å²) in [6.45, 7) is 2.07. The topological polar surface area (TPSA) is 43.4 Å². The Labute approximate surface area is 140 Å². The van der Waals surface area contributed by atoms with Crippen molar-refractivity contribution in [2.45, 2.75) is 18.2 Å². The molecule has 0 unspecified atom stereocenters. The first-order valence-electron chi connectivity index (χ1n) is 7.39. The van der Waals surface area contributed by atoms with E-state index in [-0.39, 0.29) is 12.2 Å². The van der Waals surface area contributed by atoms with Gasteiger partial charge < -0.3 is 4.74 Å². The highest BCUT2D eigenvalue weighted by Gasteiger charge is 2.13. The lowest BCUT2D eigenvalue weighted by Crippen LogP contribution is -2.06. The molecule has 0 atom stereocenters. The molecule has 0 N–H and O–H groups in total. The summed E-state index contributed by atoms with van der Waals surface area (Å²) in [5.74, 6) is -0.428. The largest absolute Gasteiger partial charge is 0.462 e. The zero-order valence-electron chi connectivity index (χ0n) is 12.9. The number of Topliss-reactive ketones (excluding diaryl/α,β-unsaturated/α-hetero) is 1. The lowest BCUT2D eigenvalue weighted by Gasteiger charge is -2.07. The average molecular weight is 326 g/mol. The lowest BCUT2D eigenvalue weighted by molar-refractivity contribution is -0.137. The zero-order valence-corrected chi connectivity index (χ0v) is 13.7. The highest BCUT2D eigenvalue weighted by atomic mass is 32.2. The van der Waals surface area contributed by atoms with Crippen LogP contribution in [0.15, 0.2) is 76.5 Å². The number of carbonyl (C=O) groups is 2. The summed E-state index contributed by atoms with van der Waals surface area (Å²) in [7, 11) is 0. The van der Waals surface area contributed by atoms with Gasteiger partial charge in [-0.05, 0) is 19.1 Å². The second-order valence-electron chi connectivity index (χ2n) is 4.70. The van der Waals surface area contributed by atoms with E-state index in [9.17, 15) is 9.59 Å². The summed E-state index contributed by atoms with van der Waals surface area (Å²) < 4.78 is 5.07. The van der Waals surface area contributed by atoms with E-state index in [1.54, 1.807) is 25.1 Å². The van der Waals surface area contributed by atoms with Gasteiger partial charge >= 0.3 is 5.97 Å². The Kier molecular flexibility index (Phi) is 6.63. The molecule has 0 aromatic heterocycles. The molecular weight excluding hydrogens is 308 g/mol. The van der Waals surface area contributed by atoms with Crippen LogP contribution in [0.5, 0.6) is 0 Å². The van der Waals surface area contributed by atoms with Crippen molar-refractivity contribution in [2.75, 3.05) is 6.61 Å². The van der Waals surface area contributed by atoms with Gasteiger partial charge in [0.1, 0.15) is 0 Å². The number of thioether (sulfide) groups is 1. The van der Waals surface area contributed by atoms with Crippen molar-refractivity contribution in [1.82, 2.24) is 0 Å².